The molecule has 0 aliphatic heterocycles. The maximum Gasteiger partial charge on any atom is 0.358 e. The molecule has 0 amide bonds. The number of carbonyl (C=O) groups is 1. The Labute approximate surface area is 105 Å². The SMILES string of the molecule is CC(C)(C)Nc1c(C(=O)O)nnc2ccccc12. The minimum Gasteiger partial charge on any atom is -0.476 e. The van der Waals surface area contributed by atoms with Gasteiger partial charge in [-0.3, -0.25) is 0 Å². The smallest absolute Gasteiger partial charge is 0.358 e. The van der Waals surface area contributed by atoms with Crippen LogP contribution in [0.15, 0.2) is 24.3 Å². The first-order valence-electron chi connectivity index (χ1n) is 5.65. The largest absolute Gasteiger partial charge is 0.476 e. The molecule has 0 aliphatic rings. The molecule has 0 radical (unpaired) electrons. The highest BCUT2D eigenvalue weighted by molar-refractivity contribution is 6.02. The Morgan fingerprint density at radius 2 is 1.89 bits per heavy atom. The number of rotatable bonds is 2. The molecule has 1 heterocycles. The van der Waals surface area contributed by atoms with Gasteiger partial charge >= 0.3 is 5.97 Å². The lowest BCUT2D eigenvalue weighted by Crippen LogP contribution is -2.28. The van der Waals surface area contributed by atoms with Crippen molar-refractivity contribution >= 4 is 22.6 Å². The number of hydrogen-bond acceptors (Lipinski definition) is 4. The summed E-state index contributed by atoms with van der Waals surface area (Å²) in [5, 5.41) is 20.8. The van der Waals surface area contributed by atoms with Crippen LogP contribution in [0.2, 0.25) is 0 Å². The first-order valence-corrected chi connectivity index (χ1v) is 5.65. The summed E-state index contributed by atoms with van der Waals surface area (Å²) in [4.78, 5) is 11.2. The molecule has 5 nitrogen and oxygen atoms in total. The molecule has 2 aromatic rings. The van der Waals surface area contributed by atoms with Gasteiger partial charge in [0, 0.05) is 10.9 Å². The lowest BCUT2D eigenvalue weighted by Gasteiger charge is -2.23. The number of hydrogen-bond donors (Lipinski definition) is 2. The summed E-state index contributed by atoms with van der Waals surface area (Å²) in [6.45, 7) is 5.90. The molecule has 0 saturated heterocycles. The highest BCUT2D eigenvalue weighted by Crippen LogP contribution is 2.26. The lowest BCUT2D eigenvalue weighted by molar-refractivity contribution is 0.0690. The second-order valence-electron chi connectivity index (χ2n) is 5.12. The van der Waals surface area contributed by atoms with Crippen molar-refractivity contribution < 1.29 is 9.90 Å². The zero-order valence-electron chi connectivity index (χ0n) is 10.6. The second kappa shape index (κ2) is 4.25. The molecule has 0 aliphatic carbocycles. The van der Waals surface area contributed by atoms with Crippen molar-refractivity contribution in [2.45, 2.75) is 26.3 Å². The molecular weight excluding hydrogens is 230 g/mol. The summed E-state index contributed by atoms with van der Waals surface area (Å²) in [5.41, 5.74) is 0.884. The summed E-state index contributed by atoms with van der Waals surface area (Å²) < 4.78 is 0. The van der Waals surface area contributed by atoms with Gasteiger partial charge in [-0.15, -0.1) is 10.2 Å². The van der Waals surface area contributed by atoms with Crippen LogP contribution >= 0.6 is 0 Å². The standard InChI is InChI=1S/C13H15N3O2/c1-13(2,3)14-10-8-6-4-5-7-9(8)15-16-11(10)12(17)18/h4-7H,1-3H3,(H,14,15)(H,17,18). The monoisotopic (exact) mass is 245 g/mol. The molecule has 0 bridgehead atoms. The summed E-state index contributed by atoms with van der Waals surface area (Å²) >= 11 is 0. The summed E-state index contributed by atoms with van der Waals surface area (Å²) in [6, 6.07) is 7.34. The average molecular weight is 245 g/mol. The van der Waals surface area contributed by atoms with Crippen molar-refractivity contribution in [3.05, 3.63) is 30.0 Å². The molecule has 0 saturated carbocycles. The second-order valence-corrected chi connectivity index (χ2v) is 5.12. The molecular formula is C13H15N3O2. The number of anilines is 1. The number of nitrogens with one attached hydrogen (secondary N) is 1. The Hall–Kier alpha value is -2.17. The zero-order valence-corrected chi connectivity index (χ0v) is 10.6. The van der Waals surface area contributed by atoms with Crippen LogP contribution in [-0.2, 0) is 0 Å². The average Bonchev–Trinajstić information content (AvgIpc) is 2.27. The maximum absolute atomic E-state index is 11.2. The van der Waals surface area contributed by atoms with Gasteiger partial charge in [0.2, 0.25) is 0 Å². The molecule has 18 heavy (non-hydrogen) atoms. The zero-order chi connectivity index (χ0) is 13.3. The first kappa shape index (κ1) is 12.3. The van der Waals surface area contributed by atoms with Gasteiger partial charge in [-0.05, 0) is 26.8 Å². The van der Waals surface area contributed by atoms with Gasteiger partial charge in [0.05, 0.1) is 11.2 Å². The number of benzene rings is 1. The highest BCUT2D eigenvalue weighted by Gasteiger charge is 2.20. The topological polar surface area (TPSA) is 75.1 Å². The van der Waals surface area contributed by atoms with Crippen LogP contribution < -0.4 is 5.32 Å². The van der Waals surface area contributed by atoms with Crippen molar-refractivity contribution in [1.29, 1.82) is 0 Å². The molecule has 1 aromatic carbocycles. The number of aromatic nitrogens is 2. The Balaban J connectivity index is 2.70. The summed E-state index contributed by atoms with van der Waals surface area (Å²) in [5.74, 6) is -1.08. The number of aromatic carboxylic acids is 1. The Kier molecular flexibility index (Phi) is 2.90. The van der Waals surface area contributed by atoms with Crippen LogP contribution in [0.25, 0.3) is 10.9 Å². The van der Waals surface area contributed by atoms with Crippen LogP contribution in [0.3, 0.4) is 0 Å². The van der Waals surface area contributed by atoms with Gasteiger partial charge < -0.3 is 10.4 Å². The number of carboxylic acid groups (broad SMARTS) is 1. The third-order valence-electron chi connectivity index (χ3n) is 2.37. The number of fused-ring (bicyclic) bond motifs is 1. The van der Waals surface area contributed by atoms with Gasteiger partial charge in [-0.25, -0.2) is 4.79 Å². The quantitative estimate of drug-likeness (QED) is 0.850. The van der Waals surface area contributed by atoms with E-state index in [9.17, 15) is 9.90 Å². The van der Waals surface area contributed by atoms with Crippen molar-refractivity contribution in [3.8, 4) is 0 Å². The van der Waals surface area contributed by atoms with Crippen molar-refractivity contribution in [3.63, 3.8) is 0 Å². The van der Waals surface area contributed by atoms with Gasteiger partial charge in [0.15, 0.2) is 5.69 Å². The van der Waals surface area contributed by atoms with Crippen LogP contribution in [-0.4, -0.2) is 26.8 Å². The minimum atomic E-state index is -1.08. The van der Waals surface area contributed by atoms with Crippen LogP contribution in [0.5, 0.6) is 0 Å². The van der Waals surface area contributed by atoms with Crippen molar-refractivity contribution in [1.82, 2.24) is 10.2 Å². The van der Waals surface area contributed by atoms with Gasteiger partial charge in [0.25, 0.3) is 0 Å². The Bertz CT molecular complexity index is 603. The van der Waals surface area contributed by atoms with E-state index < -0.39 is 5.97 Å². The number of carboxylic acids is 1. The van der Waals surface area contributed by atoms with E-state index in [1.54, 1.807) is 0 Å². The van der Waals surface area contributed by atoms with E-state index >= 15 is 0 Å². The molecule has 5 heteroatoms. The molecule has 0 atom stereocenters. The molecule has 0 fully saturated rings. The fraction of sp³-hybridized carbons (Fsp3) is 0.308. The highest BCUT2D eigenvalue weighted by atomic mass is 16.4. The van der Waals surface area contributed by atoms with Gasteiger partial charge in [0.1, 0.15) is 0 Å². The van der Waals surface area contributed by atoms with E-state index in [1.165, 1.54) is 0 Å². The van der Waals surface area contributed by atoms with Crippen molar-refractivity contribution in [2.24, 2.45) is 0 Å². The molecule has 0 spiro atoms. The predicted octanol–water partition coefficient (Wildman–Crippen LogP) is 2.54. The third kappa shape index (κ3) is 2.40. The van der Waals surface area contributed by atoms with Crippen LogP contribution in [0.4, 0.5) is 5.69 Å². The van der Waals surface area contributed by atoms with Crippen LogP contribution in [0, 0.1) is 0 Å². The molecule has 1 aromatic heterocycles. The Morgan fingerprint density at radius 3 is 2.50 bits per heavy atom. The fourth-order valence-electron chi connectivity index (χ4n) is 1.70. The van der Waals surface area contributed by atoms with Crippen molar-refractivity contribution in [2.75, 3.05) is 5.32 Å². The first-order chi connectivity index (χ1) is 8.38. The summed E-state index contributed by atoms with van der Waals surface area (Å²) in [6.07, 6.45) is 0. The summed E-state index contributed by atoms with van der Waals surface area (Å²) in [7, 11) is 0. The third-order valence-corrected chi connectivity index (χ3v) is 2.37. The molecule has 0 unspecified atom stereocenters. The maximum atomic E-state index is 11.2. The van der Waals surface area contributed by atoms with Gasteiger partial charge in [-0.2, -0.15) is 0 Å². The fourth-order valence-corrected chi connectivity index (χ4v) is 1.70. The Morgan fingerprint density at radius 1 is 1.22 bits per heavy atom. The van der Waals surface area contributed by atoms with E-state index in [0.717, 1.165) is 5.39 Å². The van der Waals surface area contributed by atoms with E-state index in [0.29, 0.717) is 11.2 Å². The number of nitrogens with zero attached hydrogens (tertiary/aromatic N) is 2. The van der Waals surface area contributed by atoms with E-state index in [2.05, 4.69) is 15.5 Å². The normalized spacial score (nSPS) is 11.5. The molecule has 94 valence electrons. The van der Waals surface area contributed by atoms with E-state index in [1.807, 2.05) is 45.0 Å². The van der Waals surface area contributed by atoms with E-state index in [-0.39, 0.29) is 11.2 Å². The molecule has 2 N–H and O–H groups in total. The van der Waals surface area contributed by atoms with E-state index in [4.69, 9.17) is 0 Å². The molecule has 2 rings (SSSR count). The predicted molar refractivity (Wildman–Crippen MR) is 69.9 cm³/mol. The van der Waals surface area contributed by atoms with Crippen LogP contribution in [0.1, 0.15) is 31.3 Å². The van der Waals surface area contributed by atoms with Gasteiger partial charge in [-0.1, -0.05) is 18.2 Å². The minimum absolute atomic E-state index is 0.0522. The lowest BCUT2D eigenvalue weighted by atomic mass is 10.1.